The summed E-state index contributed by atoms with van der Waals surface area (Å²) in [6.07, 6.45) is 7.44. The monoisotopic (exact) mass is 500 g/mol. The van der Waals surface area contributed by atoms with Crippen molar-refractivity contribution in [1.82, 2.24) is 20.4 Å². The Morgan fingerprint density at radius 2 is 2.03 bits per heavy atom. The van der Waals surface area contributed by atoms with Gasteiger partial charge in [0.2, 0.25) is 0 Å². The quantitative estimate of drug-likeness (QED) is 0.256. The van der Waals surface area contributed by atoms with E-state index in [4.69, 9.17) is 16.3 Å². The molecule has 188 valence electrons. The molecule has 0 spiro atoms. The van der Waals surface area contributed by atoms with E-state index in [1.54, 1.807) is 30.3 Å². The minimum absolute atomic E-state index is 0.0998. The van der Waals surface area contributed by atoms with Gasteiger partial charge in [0.15, 0.2) is 0 Å². The van der Waals surface area contributed by atoms with Crippen LogP contribution in [-0.2, 0) is 16.0 Å². The van der Waals surface area contributed by atoms with Crippen molar-refractivity contribution >= 4 is 23.5 Å². The third kappa shape index (κ3) is 7.45. The Balaban J connectivity index is 1.44. The maximum absolute atomic E-state index is 12.8. The van der Waals surface area contributed by atoms with E-state index >= 15 is 0 Å². The van der Waals surface area contributed by atoms with Crippen molar-refractivity contribution in [3.63, 3.8) is 0 Å². The summed E-state index contributed by atoms with van der Waals surface area (Å²) in [6, 6.07) is 7.54. The van der Waals surface area contributed by atoms with Crippen LogP contribution < -0.4 is 10.6 Å². The summed E-state index contributed by atoms with van der Waals surface area (Å²) in [5, 5.41) is 17.4. The number of carbonyl (C=O) groups excluding carboxylic acids is 2. The predicted molar refractivity (Wildman–Crippen MR) is 137 cm³/mol. The summed E-state index contributed by atoms with van der Waals surface area (Å²) in [7, 11) is 4.97. The third-order valence-corrected chi connectivity index (χ3v) is 6.34. The van der Waals surface area contributed by atoms with Crippen LogP contribution in [0.15, 0.2) is 70.6 Å². The highest BCUT2D eigenvalue weighted by Crippen LogP contribution is 2.18. The standard InChI is InChI=1S/C26H33ClN4O4/c1-30-17-21(8-9-24(30)27)23(32)15-28-11-10-18-4-6-20(7-5-18)25(33)31(2)16-19-12-22(14-29-13-19)26(34)35-3/h4-9,12-13,23,28-29,32H,10-11,14-17H2,1-3H3. The number of benzene rings is 1. The SMILES string of the molecule is COC(=O)C1=CC(CN(C)C(=O)c2ccc(CCNCC(O)C3=CC=C(Cl)N(C)C3)cc2)=CNC1. The van der Waals surface area contributed by atoms with Crippen LogP contribution in [0.4, 0.5) is 0 Å². The maximum Gasteiger partial charge on any atom is 0.335 e. The van der Waals surface area contributed by atoms with Crippen LogP contribution in [0.2, 0.25) is 0 Å². The molecule has 0 aromatic heterocycles. The highest BCUT2D eigenvalue weighted by molar-refractivity contribution is 6.29. The Hall–Kier alpha value is -3.07. The number of nitrogens with one attached hydrogen (secondary N) is 2. The van der Waals surface area contributed by atoms with Gasteiger partial charge in [-0.15, -0.1) is 0 Å². The number of ether oxygens (including phenoxy) is 1. The fourth-order valence-electron chi connectivity index (χ4n) is 3.87. The Labute approximate surface area is 211 Å². The molecule has 8 nitrogen and oxygen atoms in total. The molecule has 1 atom stereocenters. The number of methoxy groups -OCH3 is 1. The third-order valence-electron chi connectivity index (χ3n) is 5.93. The van der Waals surface area contributed by atoms with E-state index in [1.807, 2.05) is 42.3 Å². The highest BCUT2D eigenvalue weighted by atomic mass is 35.5. The molecule has 0 saturated heterocycles. The molecule has 2 aliphatic rings. The summed E-state index contributed by atoms with van der Waals surface area (Å²) in [6.45, 7) is 2.56. The van der Waals surface area contributed by atoms with Gasteiger partial charge < -0.3 is 30.3 Å². The van der Waals surface area contributed by atoms with Crippen LogP contribution in [-0.4, -0.2) is 86.8 Å². The number of aliphatic hydroxyl groups excluding tert-OH is 1. The molecular formula is C26H33ClN4O4. The molecule has 0 fully saturated rings. The van der Waals surface area contributed by atoms with Gasteiger partial charge in [-0.3, -0.25) is 4.79 Å². The van der Waals surface area contributed by atoms with Crippen molar-refractivity contribution in [3.05, 3.63) is 81.7 Å². The van der Waals surface area contributed by atoms with Crippen molar-refractivity contribution in [1.29, 1.82) is 0 Å². The lowest BCUT2D eigenvalue weighted by molar-refractivity contribution is -0.136. The molecule has 9 heteroatoms. The maximum atomic E-state index is 12.8. The van der Waals surface area contributed by atoms with Crippen LogP contribution in [0.1, 0.15) is 15.9 Å². The second kappa shape index (κ2) is 12.6. The first kappa shape index (κ1) is 26.5. The van der Waals surface area contributed by atoms with E-state index in [2.05, 4.69) is 10.6 Å². The number of carbonyl (C=O) groups is 2. The topological polar surface area (TPSA) is 94.1 Å². The van der Waals surface area contributed by atoms with Crippen molar-refractivity contribution in [2.24, 2.45) is 0 Å². The van der Waals surface area contributed by atoms with Crippen LogP contribution in [0.3, 0.4) is 0 Å². The minimum Gasteiger partial charge on any atom is -0.466 e. The molecule has 2 aliphatic heterocycles. The summed E-state index contributed by atoms with van der Waals surface area (Å²) in [4.78, 5) is 28.1. The van der Waals surface area contributed by atoms with E-state index in [9.17, 15) is 14.7 Å². The van der Waals surface area contributed by atoms with Gasteiger partial charge in [-0.1, -0.05) is 29.8 Å². The zero-order chi connectivity index (χ0) is 25.4. The first-order valence-corrected chi connectivity index (χ1v) is 11.9. The molecule has 3 N–H and O–H groups in total. The average molecular weight is 501 g/mol. The minimum atomic E-state index is -0.568. The van der Waals surface area contributed by atoms with Gasteiger partial charge in [0.25, 0.3) is 5.91 Å². The van der Waals surface area contributed by atoms with Gasteiger partial charge in [0.05, 0.1) is 18.8 Å². The molecule has 35 heavy (non-hydrogen) atoms. The Bertz CT molecular complexity index is 1050. The zero-order valence-corrected chi connectivity index (χ0v) is 21.1. The number of hydrogen-bond acceptors (Lipinski definition) is 7. The van der Waals surface area contributed by atoms with Gasteiger partial charge in [0.1, 0.15) is 5.16 Å². The molecule has 2 heterocycles. The van der Waals surface area contributed by atoms with Crippen LogP contribution in [0.25, 0.3) is 0 Å². The zero-order valence-electron chi connectivity index (χ0n) is 20.4. The number of likely N-dealkylation sites (N-methyl/N-ethyl adjacent to an activating group) is 2. The molecule has 1 aromatic carbocycles. The molecular weight excluding hydrogens is 468 g/mol. The first-order chi connectivity index (χ1) is 16.8. The summed E-state index contributed by atoms with van der Waals surface area (Å²) in [5.41, 5.74) is 3.98. The highest BCUT2D eigenvalue weighted by Gasteiger charge is 2.18. The van der Waals surface area contributed by atoms with Crippen LogP contribution in [0.5, 0.6) is 0 Å². The normalized spacial score (nSPS) is 16.3. The second-order valence-corrected chi connectivity index (χ2v) is 9.06. The lowest BCUT2D eigenvalue weighted by atomic mass is 10.1. The molecule has 0 bridgehead atoms. The number of halogens is 1. The second-order valence-electron chi connectivity index (χ2n) is 8.68. The number of esters is 1. The van der Waals surface area contributed by atoms with Crippen molar-refractivity contribution in [3.8, 4) is 0 Å². The summed E-state index contributed by atoms with van der Waals surface area (Å²) in [5.74, 6) is -0.477. The van der Waals surface area contributed by atoms with Gasteiger partial charge >= 0.3 is 5.97 Å². The van der Waals surface area contributed by atoms with Gasteiger partial charge in [-0.25, -0.2) is 4.79 Å². The number of dihydropyridines is 1. The van der Waals surface area contributed by atoms with Crippen LogP contribution in [0, 0.1) is 0 Å². The average Bonchev–Trinajstić information content (AvgIpc) is 2.87. The number of rotatable bonds is 10. The summed E-state index contributed by atoms with van der Waals surface area (Å²) >= 11 is 6.04. The van der Waals surface area contributed by atoms with E-state index in [1.165, 1.54) is 7.11 Å². The van der Waals surface area contributed by atoms with Crippen LogP contribution >= 0.6 is 11.6 Å². The summed E-state index contributed by atoms with van der Waals surface area (Å²) < 4.78 is 4.77. The predicted octanol–water partition coefficient (Wildman–Crippen LogP) is 1.79. The molecule has 1 unspecified atom stereocenters. The molecule has 3 rings (SSSR count). The van der Waals surface area contributed by atoms with Gasteiger partial charge in [0, 0.05) is 52.0 Å². The molecule has 1 amide bonds. The first-order valence-electron chi connectivity index (χ1n) is 11.5. The fourth-order valence-corrected chi connectivity index (χ4v) is 3.99. The van der Waals surface area contributed by atoms with E-state index in [-0.39, 0.29) is 11.9 Å². The van der Waals surface area contributed by atoms with Crippen molar-refractivity contribution < 1.29 is 19.4 Å². The molecule has 0 aliphatic carbocycles. The van der Waals surface area contributed by atoms with Crippen molar-refractivity contribution in [2.75, 3.05) is 53.9 Å². The molecule has 1 aromatic rings. The lowest BCUT2D eigenvalue weighted by Gasteiger charge is -2.26. The van der Waals surface area contributed by atoms with Gasteiger partial charge in [-0.2, -0.15) is 0 Å². The fraction of sp³-hybridized carbons (Fsp3) is 0.385. The largest absolute Gasteiger partial charge is 0.466 e. The Kier molecular flexibility index (Phi) is 9.54. The van der Waals surface area contributed by atoms with E-state index < -0.39 is 6.10 Å². The van der Waals surface area contributed by atoms with E-state index in [0.717, 1.165) is 23.1 Å². The number of hydrogen-bond donors (Lipinski definition) is 3. The van der Waals surface area contributed by atoms with Crippen molar-refractivity contribution in [2.45, 2.75) is 12.5 Å². The van der Waals surface area contributed by atoms with E-state index in [0.29, 0.717) is 49.0 Å². The Morgan fingerprint density at radius 1 is 1.29 bits per heavy atom. The molecule has 0 radical (unpaired) electrons. The Morgan fingerprint density at radius 3 is 2.71 bits per heavy atom. The molecule has 0 saturated carbocycles. The lowest BCUT2D eigenvalue weighted by Crippen LogP contribution is -2.34. The number of allylic oxidation sites excluding steroid dienone is 2. The smallest absolute Gasteiger partial charge is 0.335 e. The number of aliphatic hydroxyl groups is 1. The number of amides is 1. The van der Waals surface area contributed by atoms with Gasteiger partial charge in [-0.05, 0) is 54.0 Å². The number of nitrogens with zero attached hydrogens (tertiary/aromatic N) is 2.